The van der Waals surface area contributed by atoms with Crippen LogP contribution in [-0.4, -0.2) is 32.8 Å². The summed E-state index contributed by atoms with van der Waals surface area (Å²) in [6.45, 7) is 9.03. The minimum atomic E-state index is -0.677. The number of hydrogen-bond acceptors (Lipinski definition) is 5. The number of nitrogens with zero attached hydrogens (tertiary/aromatic N) is 2. The first kappa shape index (κ1) is 18.0. The van der Waals surface area contributed by atoms with Crippen LogP contribution >= 0.6 is 11.8 Å². The van der Waals surface area contributed by atoms with Crippen LogP contribution in [0.1, 0.15) is 56.9 Å². The third-order valence-corrected chi connectivity index (χ3v) is 5.99. The van der Waals surface area contributed by atoms with E-state index in [9.17, 15) is 9.59 Å². The van der Waals surface area contributed by atoms with Crippen molar-refractivity contribution in [3.05, 3.63) is 30.1 Å². The van der Waals surface area contributed by atoms with Crippen LogP contribution in [0.5, 0.6) is 0 Å². The predicted octanol–water partition coefficient (Wildman–Crippen LogP) is 4.22. The summed E-state index contributed by atoms with van der Waals surface area (Å²) in [7, 11) is 0. The molecule has 1 aromatic heterocycles. The molecule has 3 rings (SSSR count). The molecule has 5 nitrogen and oxygen atoms in total. The van der Waals surface area contributed by atoms with Crippen molar-refractivity contribution in [2.45, 2.75) is 51.9 Å². The molecule has 2 heterocycles. The first-order valence-electron chi connectivity index (χ1n) is 8.47. The molecule has 0 unspecified atom stereocenters. The molecule has 2 atom stereocenters. The molecule has 0 saturated carbocycles. The highest BCUT2D eigenvalue weighted by atomic mass is 32.2. The standard InChI is InChI=1S/C19H24N2O3S/c1-12(22)21-14-9-7-6-8-13(14)20-16(21)15-19(5,10-11-25-15)24-17(23)18(2,3)4/h6-9,15H,10-11H2,1-5H3/t15-,19+/m0/s1. The molecule has 2 aromatic rings. The molecule has 0 spiro atoms. The summed E-state index contributed by atoms with van der Waals surface area (Å²) in [6.07, 6.45) is 0.741. The second-order valence-electron chi connectivity index (χ2n) is 7.77. The minimum absolute atomic E-state index is 0.0827. The maximum Gasteiger partial charge on any atom is 0.311 e. The summed E-state index contributed by atoms with van der Waals surface area (Å²) in [5, 5.41) is -0.171. The lowest BCUT2D eigenvalue weighted by atomic mass is 9.94. The largest absolute Gasteiger partial charge is 0.457 e. The van der Waals surface area contributed by atoms with Gasteiger partial charge in [0, 0.05) is 6.92 Å². The van der Waals surface area contributed by atoms with Gasteiger partial charge in [0.1, 0.15) is 16.7 Å². The molecule has 134 valence electrons. The Morgan fingerprint density at radius 1 is 1.32 bits per heavy atom. The molecule has 0 N–H and O–H groups in total. The Kier molecular flexibility index (Phi) is 4.43. The molecule has 6 heteroatoms. The van der Waals surface area contributed by atoms with Crippen molar-refractivity contribution in [3.8, 4) is 0 Å². The normalized spacial score (nSPS) is 23.8. The Balaban J connectivity index is 2.06. The Morgan fingerprint density at radius 3 is 2.64 bits per heavy atom. The van der Waals surface area contributed by atoms with Gasteiger partial charge in [0.25, 0.3) is 0 Å². The number of imidazole rings is 1. The van der Waals surface area contributed by atoms with E-state index in [1.807, 2.05) is 52.0 Å². The average Bonchev–Trinajstić information content (AvgIpc) is 3.06. The molecule has 0 amide bonds. The zero-order chi connectivity index (χ0) is 18.4. The third kappa shape index (κ3) is 3.19. The van der Waals surface area contributed by atoms with Crippen LogP contribution in [0.2, 0.25) is 0 Å². The molecular weight excluding hydrogens is 336 g/mol. The van der Waals surface area contributed by atoms with Crippen LogP contribution in [-0.2, 0) is 9.53 Å². The van der Waals surface area contributed by atoms with Crippen molar-refractivity contribution in [2.24, 2.45) is 5.41 Å². The number of carbonyl (C=O) groups is 2. The van der Waals surface area contributed by atoms with Gasteiger partial charge in [-0.1, -0.05) is 12.1 Å². The van der Waals surface area contributed by atoms with Gasteiger partial charge in [-0.25, -0.2) is 4.98 Å². The highest BCUT2D eigenvalue weighted by molar-refractivity contribution is 7.99. The highest BCUT2D eigenvalue weighted by Crippen LogP contribution is 2.50. The van der Waals surface area contributed by atoms with E-state index in [0.29, 0.717) is 5.82 Å². The molecule has 1 aromatic carbocycles. The van der Waals surface area contributed by atoms with Gasteiger partial charge < -0.3 is 4.74 Å². The van der Waals surface area contributed by atoms with E-state index in [0.717, 1.165) is 23.2 Å². The molecule has 0 radical (unpaired) electrons. The predicted molar refractivity (Wildman–Crippen MR) is 99.8 cm³/mol. The highest BCUT2D eigenvalue weighted by Gasteiger charge is 2.48. The second-order valence-corrected chi connectivity index (χ2v) is 8.98. The van der Waals surface area contributed by atoms with Gasteiger partial charge in [0.15, 0.2) is 0 Å². The van der Waals surface area contributed by atoms with Gasteiger partial charge in [-0.15, -0.1) is 11.8 Å². The Hall–Kier alpha value is -1.82. The molecule has 25 heavy (non-hydrogen) atoms. The van der Waals surface area contributed by atoms with Crippen molar-refractivity contribution < 1.29 is 14.3 Å². The van der Waals surface area contributed by atoms with Crippen LogP contribution in [0.3, 0.4) is 0 Å². The molecule has 0 bridgehead atoms. The number of fused-ring (bicyclic) bond motifs is 1. The van der Waals surface area contributed by atoms with E-state index < -0.39 is 11.0 Å². The third-order valence-electron chi connectivity index (χ3n) is 4.51. The first-order chi connectivity index (χ1) is 11.6. The summed E-state index contributed by atoms with van der Waals surface area (Å²) >= 11 is 1.69. The van der Waals surface area contributed by atoms with E-state index in [-0.39, 0.29) is 17.1 Å². The van der Waals surface area contributed by atoms with E-state index >= 15 is 0 Å². The molecule has 0 aliphatic carbocycles. The van der Waals surface area contributed by atoms with Gasteiger partial charge in [-0.2, -0.15) is 0 Å². The summed E-state index contributed by atoms with van der Waals surface area (Å²) in [6, 6.07) is 7.60. The number of para-hydroxylation sites is 2. The number of hydrogen-bond donors (Lipinski definition) is 0. The molecule has 1 fully saturated rings. The zero-order valence-corrected chi connectivity index (χ0v) is 16.1. The number of thioether (sulfide) groups is 1. The maximum atomic E-state index is 12.5. The average molecular weight is 360 g/mol. The number of benzene rings is 1. The topological polar surface area (TPSA) is 61.2 Å². The lowest BCUT2D eigenvalue weighted by molar-refractivity contribution is -0.167. The van der Waals surface area contributed by atoms with E-state index in [4.69, 9.17) is 9.72 Å². The van der Waals surface area contributed by atoms with Gasteiger partial charge >= 0.3 is 5.97 Å². The lowest BCUT2D eigenvalue weighted by Crippen LogP contribution is -2.39. The summed E-state index contributed by atoms with van der Waals surface area (Å²) in [5.74, 6) is 1.22. The minimum Gasteiger partial charge on any atom is -0.457 e. The Labute approximate surface area is 152 Å². The van der Waals surface area contributed by atoms with E-state index in [1.165, 1.54) is 6.92 Å². The van der Waals surface area contributed by atoms with Gasteiger partial charge in [0.2, 0.25) is 5.91 Å². The van der Waals surface area contributed by atoms with Crippen LogP contribution in [0.4, 0.5) is 0 Å². The molecule has 1 aliphatic heterocycles. The van der Waals surface area contributed by atoms with Crippen molar-refractivity contribution >= 4 is 34.7 Å². The first-order valence-corrected chi connectivity index (χ1v) is 9.52. The van der Waals surface area contributed by atoms with Crippen LogP contribution in [0, 0.1) is 5.41 Å². The number of aromatic nitrogens is 2. The van der Waals surface area contributed by atoms with E-state index in [1.54, 1.807) is 16.3 Å². The van der Waals surface area contributed by atoms with Gasteiger partial charge in [0.05, 0.1) is 16.4 Å². The number of carbonyl (C=O) groups excluding carboxylic acids is 2. The second kappa shape index (κ2) is 6.16. The van der Waals surface area contributed by atoms with Crippen LogP contribution < -0.4 is 0 Å². The summed E-state index contributed by atoms with van der Waals surface area (Å²) in [5.41, 5.74) is 0.331. The summed E-state index contributed by atoms with van der Waals surface area (Å²) in [4.78, 5) is 29.5. The smallest absolute Gasteiger partial charge is 0.311 e. The number of rotatable bonds is 2. The van der Waals surface area contributed by atoms with Gasteiger partial charge in [-0.3, -0.25) is 14.2 Å². The number of ether oxygens (including phenoxy) is 1. The quantitative estimate of drug-likeness (QED) is 0.750. The maximum absolute atomic E-state index is 12.5. The van der Waals surface area contributed by atoms with Gasteiger partial charge in [-0.05, 0) is 52.0 Å². The van der Waals surface area contributed by atoms with Crippen LogP contribution in [0.15, 0.2) is 24.3 Å². The number of esters is 1. The zero-order valence-electron chi connectivity index (χ0n) is 15.3. The molecular formula is C19H24N2O3S. The Morgan fingerprint density at radius 2 is 2.00 bits per heavy atom. The molecule has 1 aliphatic rings. The van der Waals surface area contributed by atoms with Crippen LogP contribution in [0.25, 0.3) is 11.0 Å². The van der Waals surface area contributed by atoms with Crippen molar-refractivity contribution in [2.75, 3.05) is 5.75 Å². The summed E-state index contributed by atoms with van der Waals surface area (Å²) < 4.78 is 7.59. The monoisotopic (exact) mass is 360 g/mol. The van der Waals surface area contributed by atoms with Crippen molar-refractivity contribution in [1.29, 1.82) is 0 Å². The Bertz CT molecular complexity index is 837. The van der Waals surface area contributed by atoms with E-state index in [2.05, 4.69) is 0 Å². The lowest BCUT2D eigenvalue weighted by Gasteiger charge is -2.33. The fraction of sp³-hybridized carbons (Fsp3) is 0.526. The van der Waals surface area contributed by atoms with Crippen molar-refractivity contribution in [1.82, 2.24) is 9.55 Å². The van der Waals surface area contributed by atoms with Crippen molar-refractivity contribution in [3.63, 3.8) is 0 Å². The molecule has 1 saturated heterocycles. The SMILES string of the molecule is CC(=O)n1c([C@@H]2SCC[C@@]2(C)OC(=O)C(C)(C)C)nc2ccccc21. The fourth-order valence-corrected chi connectivity index (χ4v) is 4.64. The fourth-order valence-electron chi connectivity index (χ4n) is 3.06.